The lowest BCUT2D eigenvalue weighted by molar-refractivity contribution is 0.102. The summed E-state index contributed by atoms with van der Waals surface area (Å²) < 4.78 is 1.98. The second-order valence-electron chi connectivity index (χ2n) is 8.12. The molecule has 1 radical (unpaired) electrons. The number of nitrogens with zero attached hydrogens (tertiary/aromatic N) is 3. The van der Waals surface area contributed by atoms with Gasteiger partial charge in [-0.05, 0) is 56.3 Å². The Bertz CT molecular complexity index is 1320. The number of aromatic nitrogens is 3. The van der Waals surface area contributed by atoms with Crippen LogP contribution in [0.4, 0.5) is 10.8 Å². The molecule has 1 amide bonds. The first-order valence-corrected chi connectivity index (χ1v) is 11.9. The van der Waals surface area contributed by atoms with Crippen molar-refractivity contribution in [2.75, 3.05) is 18.4 Å². The Hall–Kier alpha value is -3.82. The molecule has 1 fully saturated rings. The summed E-state index contributed by atoms with van der Waals surface area (Å²) in [4.78, 5) is 30.2. The van der Waals surface area contributed by atoms with Crippen molar-refractivity contribution < 1.29 is 9.59 Å². The summed E-state index contributed by atoms with van der Waals surface area (Å²) in [6.07, 6.45) is 7.40. The van der Waals surface area contributed by atoms with Gasteiger partial charge >= 0.3 is 0 Å². The van der Waals surface area contributed by atoms with Crippen LogP contribution < -0.4 is 16.4 Å². The molecular weight excluding hydrogens is 448 g/mol. The van der Waals surface area contributed by atoms with Crippen molar-refractivity contribution in [2.45, 2.75) is 18.9 Å². The Kier molecular flexibility index (Phi) is 6.20. The normalized spacial score (nSPS) is 14.1. The number of ketones is 1. The van der Waals surface area contributed by atoms with Crippen LogP contribution in [0.2, 0.25) is 0 Å². The van der Waals surface area contributed by atoms with Gasteiger partial charge in [-0.1, -0.05) is 18.2 Å². The van der Waals surface area contributed by atoms with Crippen LogP contribution in [0, 0.1) is 0 Å². The zero-order valence-electron chi connectivity index (χ0n) is 18.3. The Balaban J connectivity index is 1.34. The smallest absolute Gasteiger partial charge is 0.256 e. The van der Waals surface area contributed by atoms with Gasteiger partial charge in [-0.25, -0.2) is 4.98 Å². The molecule has 3 N–H and O–H groups in total. The highest BCUT2D eigenvalue weighted by Gasteiger charge is 2.20. The molecule has 34 heavy (non-hydrogen) atoms. The van der Waals surface area contributed by atoms with E-state index in [9.17, 15) is 9.59 Å². The van der Waals surface area contributed by atoms with E-state index < -0.39 is 0 Å². The van der Waals surface area contributed by atoms with Crippen LogP contribution in [0.3, 0.4) is 0 Å². The minimum Gasteiger partial charge on any atom is -0.317 e. The molecule has 0 aliphatic carbocycles. The summed E-state index contributed by atoms with van der Waals surface area (Å²) in [5.41, 5.74) is 10.5. The molecule has 0 atom stereocenters. The third-order valence-electron chi connectivity index (χ3n) is 5.85. The number of piperidine rings is 1. The maximum absolute atomic E-state index is 13.2. The Labute approximate surface area is 200 Å². The van der Waals surface area contributed by atoms with E-state index in [2.05, 4.69) is 20.7 Å². The Morgan fingerprint density at radius 2 is 1.85 bits per heavy atom. The van der Waals surface area contributed by atoms with Crippen LogP contribution in [0.1, 0.15) is 44.5 Å². The minimum absolute atomic E-state index is 0.0808. The molecule has 5 rings (SSSR count). The third kappa shape index (κ3) is 4.61. The van der Waals surface area contributed by atoms with Gasteiger partial charge in [0.25, 0.3) is 5.91 Å². The molecule has 0 spiro atoms. The topological polar surface area (TPSA) is 113 Å². The number of pyridine rings is 1. The summed E-state index contributed by atoms with van der Waals surface area (Å²) in [7, 11) is 0. The highest BCUT2D eigenvalue weighted by atomic mass is 32.1. The number of carbonyl (C=O) groups excluding carboxylic acids is 2. The lowest BCUT2D eigenvalue weighted by Gasteiger charge is -2.22. The number of anilines is 1. The molecule has 8 nitrogen and oxygen atoms in total. The minimum atomic E-state index is -0.296. The van der Waals surface area contributed by atoms with Crippen LogP contribution in [0.25, 0.3) is 11.1 Å². The second kappa shape index (κ2) is 9.58. The van der Waals surface area contributed by atoms with Crippen molar-refractivity contribution in [1.29, 1.82) is 0 Å². The van der Waals surface area contributed by atoms with Gasteiger partial charge in [-0.2, -0.15) is 5.10 Å². The molecule has 4 heterocycles. The van der Waals surface area contributed by atoms with E-state index in [0.29, 0.717) is 21.5 Å². The van der Waals surface area contributed by atoms with Gasteiger partial charge in [0.1, 0.15) is 0 Å². The largest absolute Gasteiger partial charge is 0.317 e. The fourth-order valence-electron chi connectivity index (χ4n) is 3.99. The first kappa shape index (κ1) is 22.0. The van der Waals surface area contributed by atoms with Crippen molar-refractivity contribution in [2.24, 2.45) is 0 Å². The standard InChI is InChI=1S/C25H23N6O2S/c26-24-20(12-17(13-28-24)18-14-29-31(15-18)19-8-10-27-11-9-19)23(32)21-6-7-22(34-21)30-25(33)16-4-2-1-3-5-16/h1-7,12-15,19,26-27H,8-11H2,(H,30,33). The Morgan fingerprint density at radius 3 is 2.65 bits per heavy atom. The van der Waals surface area contributed by atoms with Gasteiger partial charge in [-0.15, -0.1) is 11.3 Å². The number of benzene rings is 1. The number of rotatable bonds is 6. The summed E-state index contributed by atoms with van der Waals surface area (Å²) in [5, 5.41) is 11.3. The van der Waals surface area contributed by atoms with Gasteiger partial charge in [0, 0.05) is 29.1 Å². The summed E-state index contributed by atoms with van der Waals surface area (Å²) in [6, 6.07) is 14.3. The number of hydrogen-bond donors (Lipinski definition) is 2. The van der Waals surface area contributed by atoms with Crippen LogP contribution in [0.5, 0.6) is 0 Å². The molecular formula is C25H23N6O2S. The Morgan fingerprint density at radius 1 is 1.06 bits per heavy atom. The van der Waals surface area contributed by atoms with Gasteiger partial charge in [0.15, 0.2) is 5.82 Å². The van der Waals surface area contributed by atoms with Crippen LogP contribution in [-0.4, -0.2) is 39.5 Å². The highest BCUT2D eigenvalue weighted by Crippen LogP contribution is 2.29. The fraction of sp³-hybridized carbons (Fsp3) is 0.200. The first-order chi connectivity index (χ1) is 16.6. The molecule has 1 aliphatic heterocycles. The number of nitrogens with one attached hydrogen (secondary N) is 3. The molecule has 0 bridgehead atoms. The van der Waals surface area contributed by atoms with Crippen molar-refractivity contribution in [3.63, 3.8) is 0 Å². The van der Waals surface area contributed by atoms with Crippen LogP contribution in [-0.2, 0) is 0 Å². The van der Waals surface area contributed by atoms with E-state index in [1.165, 1.54) is 11.3 Å². The second-order valence-corrected chi connectivity index (χ2v) is 9.21. The van der Waals surface area contributed by atoms with Crippen molar-refractivity contribution >= 4 is 33.8 Å². The molecule has 171 valence electrons. The van der Waals surface area contributed by atoms with Crippen molar-refractivity contribution in [3.05, 3.63) is 83.1 Å². The van der Waals surface area contributed by atoms with Crippen molar-refractivity contribution in [3.8, 4) is 11.1 Å². The molecule has 3 aromatic heterocycles. The predicted molar refractivity (Wildman–Crippen MR) is 132 cm³/mol. The average molecular weight is 472 g/mol. The molecule has 0 saturated carbocycles. The number of carbonyl (C=O) groups is 2. The maximum Gasteiger partial charge on any atom is 0.256 e. The molecule has 9 heteroatoms. The van der Waals surface area contributed by atoms with Gasteiger partial charge in [0.2, 0.25) is 5.78 Å². The predicted octanol–water partition coefficient (Wildman–Crippen LogP) is 4.33. The molecule has 1 aliphatic rings. The zero-order valence-corrected chi connectivity index (χ0v) is 19.1. The van der Waals surface area contributed by atoms with E-state index >= 15 is 0 Å². The van der Waals surface area contributed by atoms with E-state index in [1.807, 2.05) is 16.9 Å². The number of amides is 1. The average Bonchev–Trinajstić information content (AvgIpc) is 3.55. The summed E-state index contributed by atoms with van der Waals surface area (Å²) in [6.45, 7) is 1.95. The quantitative estimate of drug-likeness (QED) is 0.407. The van der Waals surface area contributed by atoms with E-state index in [4.69, 9.17) is 5.73 Å². The van der Waals surface area contributed by atoms with Crippen molar-refractivity contribution in [1.82, 2.24) is 25.8 Å². The molecule has 1 aromatic carbocycles. The third-order valence-corrected chi connectivity index (χ3v) is 6.85. The molecule has 0 unspecified atom stereocenters. The monoisotopic (exact) mass is 471 g/mol. The SMILES string of the molecule is [NH]c1ncc(-c2cnn(C3CCNCC3)c2)cc1C(=O)c1ccc(NC(=O)c2ccccc2)s1. The maximum atomic E-state index is 13.2. The zero-order chi connectivity index (χ0) is 23.5. The molecule has 1 saturated heterocycles. The fourth-order valence-corrected chi connectivity index (χ4v) is 4.84. The van der Waals surface area contributed by atoms with Crippen LogP contribution in [0.15, 0.2) is 67.1 Å². The highest BCUT2D eigenvalue weighted by molar-refractivity contribution is 7.18. The van der Waals surface area contributed by atoms with Gasteiger partial charge in [0.05, 0.1) is 27.7 Å². The first-order valence-electron chi connectivity index (χ1n) is 11.1. The summed E-state index contributed by atoms with van der Waals surface area (Å²) >= 11 is 1.18. The van der Waals surface area contributed by atoms with E-state index in [1.54, 1.807) is 54.9 Å². The lowest BCUT2D eigenvalue weighted by atomic mass is 10.0. The number of hydrogen-bond acceptors (Lipinski definition) is 6. The number of thiophene rings is 1. The van der Waals surface area contributed by atoms with Gasteiger partial charge < -0.3 is 10.6 Å². The summed E-state index contributed by atoms with van der Waals surface area (Å²) in [5.74, 6) is -0.616. The lowest BCUT2D eigenvalue weighted by Crippen LogP contribution is -2.29. The van der Waals surface area contributed by atoms with Crippen LogP contribution >= 0.6 is 11.3 Å². The van der Waals surface area contributed by atoms with E-state index in [0.717, 1.165) is 37.1 Å². The van der Waals surface area contributed by atoms with E-state index in [-0.39, 0.29) is 23.1 Å². The molecule has 4 aromatic rings. The van der Waals surface area contributed by atoms with Gasteiger partial charge in [-0.3, -0.25) is 20.0 Å².